The highest BCUT2D eigenvalue weighted by Gasteiger charge is 2.11. The molecule has 0 heterocycles. The second-order valence-corrected chi connectivity index (χ2v) is 7.14. The molecular weight excluding hydrogens is 352 g/mol. The summed E-state index contributed by atoms with van der Waals surface area (Å²) in [5, 5.41) is 0. The normalized spacial score (nSPS) is 17.5. The Morgan fingerprint density at radius 3 is 2.91 bits per heavy atom. The zero-order valence-electron chi connectivity index (χ0n) is 12.9. The highest BCUT2D eigenvalue weighted by molar-refractivity contribution is 9.12. The first-order chi connectivity index (χ1) is 10.6. The molecule has 1 aromatic rings. The Balaban J connectivity index is 1.90. The molecule has 0 aliphatic heterocycles. The third kappa shape index (κ3) is 4.89. The zero-order chi connectivity index (χ0) is 15.9. The van der Waals surface area contributed by atoms with Crippen molar-refractivity contribution in [1.82, 2.24) is 0 Å². The molecule has 1 aromatic carbocycles. The van der Waals surface area contributed by atoms with Crippen LogP contribution in [-0.2, 0) is 6.42 Å². The lowest BCUT2D eigenvalue weighted by atomic mass is 9.87. The molecule has 0 saturated carbocycles. The third-order valence-corrected chi connectivity index (χ3v) is 5.08. The van der Waals surface area contributed by atoms with E-state index in [0.717, 1.165) is 27.8 Å². The number of thioether (sulfide) groups is 1. The summed E-state index contributed by atoms with van der Waals surface area (Å²) in [5.41, 5.74) is 3.78. The summed E-state index contributed by atoms with van der Waals surface area (Å²) in [4.78, 5) is 1.02. The highest BCUT2D eigenvalue weighted by atomic mass is 79.9. The molecule has 1 aliphatic carbocycles. The van der Waals surface area contributed by atoms with E-state index in [9.17, 15) is 0 Å². The van der Waals surface area contributed by atoms with Crippen molar-refractivity contribution in [3.05, 3.63) is 87.8 Å². The van der Waals surface area contributed by atoms with E-state index < -0.39 is 0 Å². The Morgan fingerprint density at radius 1 is 1.36 bits per heavy atom. The number of halogens is 1. The van der Waals surface area contributed by atoms with E-state index >= 15 is 0 Å². The van der Waals surface area contributed by atoms with Gasteiger partial charge in [0.25, 0.3) is 0 Å². The van der Waals surface area contributed by atoms with Crippen LogP contribution in [0.2, 0.25) is 0 Å². The van der Waals surface area contributed by atoms with Crippen LogP contribution in [0.1, 0.15) is 17.5 Å². The molecule has 0 radical (unpaired) electrons. The van der Waals surface area contributed by atoms with Crippen LogP contribution in [-0.4, -0.2) is 6.26 Å². The van der Waals surface area contributed by atoms with Crippen molar-refractivity contribution in [2.45, 2.75) is 12.8 Å². The molecule has 1 unspecified atom stereocenters. The van der Waals surface area contributed by atoms with Crippen molar-refractivity contribution in [1.29, 1.82) is 0 Å². The molecule has 0 saturated heterocycles. The maximum Gasteiger partial charge on any atom is 0.0252 e. The molecule has 0 amide bonds. The standard InChI is InChI=1S/C20H21BrS/c1-15(20(21)13-16(2)22-3)7-6-8-17-11-12-18-9-4-5-10-19(18)14-17/h4-7,9-13,17H,1-2,8,14H2,3H3/b7-6-,20-13+. The fourth-order valence-electron chi connectivity index (χ4n) is 2.39. The van der Waals surface area contributed by atoms with Crippen molar-refractivity contribution in [3.8, 4) is 0 Å². The molecule has 114 valence electrons. The van der Waals surface area contributed by atoms with Crippen molar-refractivity contribution >= 4 is 33.8 Å². The van der Waals surface area contributed by atoms with Gasteiger partial charge in [0.2, 0.25) is 0 Å². The predicted octanol–water partition coefficient (Wildman–Crippen LogP) is 6.53. The topological polar surface area (TPSA) is 0 Å². The van der Waals surface area contributed by atoms with Gasteiger partial charge in [-0.05, 0) is 47.8 Å². The van der Waals surface area contributed by atoms with Gasteiger partial charge in [0, 0.05) is 9.39 Å². The number of fused-ring (bicyclic) bond motifs is 1. The van der Waals surface area contributed by atoms with Crippen LogP contribution in [0.25, 0.3) is 6.08 Å². The van der Waals surface area contributed by atoms with Crippen molar-refractivity contribution in [3.63, 3.8) is 0 Å². The summed E-state index contributed by atoms with van der Waals surface area (Å²) in [5.74, 6) is 0.572. The molecule has 22 heavy (non-hydrogen) atoms. The van der Waals surface area contributed by atoms with E-state index in [0.29, 0.717) is 5.92 Å². The van der Waals surface area contributed by atoms with Crippen molar-refractivity contribution in [2.75, 3.05) is 6.26 Å². The van der Waals surface area contributed by atoms with Crippen LogP contribution in [0.5, 0.6) is 0 Å². The molecule has 0 nitrogen and oxygen atoms in total. The quantitative estimate of drug-likeness (QED) is 0.511. The first-order valence-electron chi connectivity index (χ1n) is 7.32. The van der Waals surface area contributed by atoms with Crippen LogP contribution >= 0.6 is 27.7 Å². The Kier molecular flexibility index (Phi) is 6.53. The summed E-state index contributed by atoms with van der Waals surface area (Å²) >= 11 is 5.19. The zero-order valence-corrected chi connectivity index (χ0v) is 15.3. The lowest BCUT2D eigenvalue weighted by Crippen LogP contribution is -2.05. The largest absolute Gasteiger partial charge is 0.130 e. The third-order valence-electron chi connectivity index (χ3n) is 3.70. The molecule has 0 spiro atoms. The number of allylic oxidation sites excluding steroid dienone is 6. The Hall–Kier alpha value is -1.25. The average Bonchev–Trinajstić information content (AvgIpc) is 2.54. The van der Waals surface area contributed by atoms with Gasteiger partial charge in [-0.1, -0.05) is 77.7 Å². The number of benzene rings is 1. The van der Waals surface area contributed by atoms with E-state index in [-0.39, 0.29) is 0 Å². The summed E-state index contributed by atoms with van der Waals surface area (Å²) < 4.78 is 0.993. The van der Waals surface area contributed by atoms with E-state index in [2.05, 4.69) is 77.7 Å². The summed E-state index contributed by atoms with van der Waals surface area (Å²) in [6.07, 6.45) is 15.0. The Bertz CT molecular complexity index is 649. The van der Waals surface area contributed by atoms with Gasteiger partial charge >= 0.3 is 0 Å². The summed E-state index contributed by atoms with van der Waals surface area (Å²) in [7, 11) is 0. The Labute approximate surface area is 146 Å². The number of rotatable bonds is 6. The predicted molar refractivity (Wildman–Crippen MR) is 105 cm³/mol. The van der Waals surface area contributed by atoms with E-state index in [1.165, 1.54) is 11.1 Å². The molecule has 1 aliphatic rings. The van der Waals surface area contributed by atoms with E-state index in [4.69, 9.17) is 0 Å². The molecule has 0 bridgehead atoms. The van der Waals surface area contributed by atoms with Gasteiger partial charge in [0.05, 0.1) is 0 Å². The number of hydrogen-bond acceptors (Lipinski definition) is 1. The minimum atomic E-state index is 0.572. The van der Waals surface area contributed by atoms with Crippen molar-refractivity contribution < 1.29 is 0 Å². The molecule has 2 heteroatoms. The highest BCUT2D eigenvalue weighted by Crippen LogP contribution is 2.26. The first-order valence-corrected chi connectivity index (χ1v) is 9.34. The molecule has 0 fully saturated rings. The van der Waals surface area contributed by atoms with Gasteiger partial charge in [-0.15, -0.1) is 11.8 Å². The summed E-state index contributed by atoms with van der Waals surface area (Å²) in [6.45, 7) is 8.04. The maximum atomic E-state index is 4.09. The van der Waals surface area contributed by atoms with Gasteiger partial charge in [-0.2, -0.15) is 0 Å². The van der Waals surface area contributed by atoms with E-state index in [1.807, 2.05) is 12.3 Å². The van der Waals surface area contributed by atoms with Gasteiger partial charge in [0.15, 0.2) is 0 Å². The number of hydrogen-bond donors (Lipinski definition) is 0. The van der Waals surface area contributed by atoms with Crippen LogP contribution in [0, 0.1) is 5.92 Å². The second kappa shape index (κ2) is 8.40. The SMILES string of the molecule is C=C(/C=C(/Br)C(=C)/C=C\CC1C=Cc2ccccc2C1)SC. The molecule has 2 rings (SSSR count). The van der Waals surface area contributed by atoms with Crippen molar-refractivity contribution in [2.24, 2.45) is 5.92 Å². The van der Waals surface area contributed by atoms with Crippen LogP contribution in [0.15, 0.2) is 76.7 Å². The second-order valence-electron chi connectivity index (χ2n) is 5.35. The molecule has 1 atom stereocenters. The maximum absolute atomic E-state index is 4.09. The lowest BCUT2D eigenvalue weighted by Gasteiger charge is -2.17. The molecular formula is C20H21BrS. The lowest BCUT2D eigenvalue weighted by molar-refractivity contribution is 0.654. The van der Waals surface area contributed by atoms with Crippen LogP contribution in [0.3, 0.4) is 0 Å². The fraction of sp³-hybridized carbons (Fsp3) is 0.200. The minimum Gasteiger partial charge on any atom is -0.130 e. The molecule has 0 N–H and O–H groups in total. The van der Waals surface area contributed by atoms with Crippen LogP contribution < -0.4 is 0 Å². The average molecular weight is 373 g/mol. The Morgan fingerprint density at radius 2 is 2.14 bits per heavy atom. The van der Waals surface area contributed by atoms with E-state index in [1.54, 1.807) is 11.8 Å². The van der Waals surface area contributed by atoms with Gasteiger partial charge in [-0.3, -0.25) is 0 Å². The minimum absolute atomic E-state index is 0.572. The molecule has 0 aromatic heterocycles. The monoisotopic (exact) mass is 372 g/mol. The smallest absolute Gasteiger partial charge is 0.0252 e. The summed E-state index contributed by atoms with van der Waals surface area (Å²) in [6, 6.07) is 8.62. The van der Waals surface area contributed by atoms with Gasteiger partial charge < -0.3 is 0 Å². The van der Waals surface area contributed by atoms with Gasteiger partial charge in [0.1, 0.15) is 0 Å². The first kappa shape index (κ1) is 17.1. The van der Waals surface area contributed by atoms with Gasteiger partial charge in [-0.25, -0.2) is 0 Å². The van der Waals surface area contributed by atoms with Crippen LogP contribution in [0.4, 0.5) is 0 Å². The fourth-order valence-corrected chi connectivity index (χ4v) is 3.19.